The summed E-state index contributed by atoms with van der Waals surface area (Å²) in [7, 11) is 1.93. The number of aldehydes is 1. The number of carbonyl (C=O) groups is 3. The van der Waals surface area contributed by atoms with Gasteiger partial charge in [-0.05, 0) is 19.4 Å². The van der Waals surface area contributed by atoms with Crippen molar-refractivity contribution in [3.05, 3.63) is 0 Å². The molecule has 178 valence electrons. The number of rotatable bonds is 18. The van der Waals surface area contributed by atoms with E-state index in [0.29, 0.717) is 37.9 Å². The van der Waals surface area contributed by atoms with Crippen LogP contribution in [0.2, 0.25) is 0 Å². The van der Waals surface area contributed by atoms with Gasteiger partial charge in [-0.15, -0.1) is 11.8 Å². The van der Waals surface area contributed by atoms with Gasteiger partial charge in [0.05, 0.1) is 18.5 Å². The maximum absolute atomic E-state index is 11.9. The normalized spacial score (nSPS) is 11.7. The topological polar surface area (TPSA) is 93.7 Å². The van der Waals surface area contributed by atoms with Crippen molar-refractivity contribution in [1.82, 2.24) is 10.6 Å². The number of nitrogens with one attached hydrogen (secondary N) is 2. The Hall–Kier alpha value is -0.960. The van der Waals surface area contributed by atoms with Crippen molar-refractivity contribution in [1.29, 1.82) is 0 Å². The maximum Gasteiger partial charge on any atom is 0.233 e. The molecule has 0 aromatic heterocycles. The smallest absolute Gasteiger partial charge is 0.233 e. The molecule has 7 nitrogen and oxygen atoms in total. The Morgan fingerprint density at radius 3 is 2.23 bits per heavy atom. The summed E-state index contributed by atoms with van der Waals surface area (Å²) < 4.78 is 10.5. The average molecular weight is 449 g/mol. The highest BCUT2D eigenvalue weighted by Crippen LogP contribution is 2.16. The first kappa shape index (κ1) is 31.2. The van der Waals surface area contributed by atoms with Gasteiger partial charge in [-0.2, -0.15) is 0 Å². The van der Waals surface area contributed by atoms with Crippen LogP contribution in [0.5, 0.6) is 0 Å². The number of Topliss-reactive ketones (excluding diaryl/α,β-unsaturated/α-hetero) is 1. The second-order valence-electron chi connectivity index (χ2n) is 7.61. The molecule has 0 bridgehead atoms. The van der Waals surface area contributed by atoms with E-state index in [1.165, 1.54) is 11.8 Å². The van der Waals surface area contributed by atoms with Gasteiger partial charge in [0.15, 0.2) is 0 Å². The molecule has 0 spiro atoms. The van der Waals surface area contributed by atoms with Crippen molar-refractivity contribution < 1.29 is 23.9 Å². The summed E-state index contributed by atoms with van der Waals surface area (Å²) >= 11 is 1.36. The zero-order valence-electron chi connectivity index (χ0n) is 19.8. The SMILES string of the molecule is CCCOCCNC(=O)C(CC=O)SCCC(=O)C(C)C.CNCCOCC(C)C. The highest BCUT2D eigenvalue weighted by Gasteiger charge is 2.19. The molecule has 0 rings (SSSR count). The third kappa shape index (κ3) is 21.7. The van der Waals surface area contributed by atoms with E-state index >= 15 is 0 Å². The lowest BCUT2D eigenvalue weighted by Crippen LogP contribution is -2.35. The van der Waals surface area contributed by atoms with Crippen LogP contribution in [0.15, 0.2) is 0 Å². The minimum atomic E-state index is -0.423. The molecule has 1 amide bonds. The molecule has 0 aliphatic rings. The quantitative estimate of drug-likeness (QED) is 0.246. The summed E-state index contributed by atoms with van der Waals surface area (Å²) in [5.41, 5.74) is 0. The molecule has 2 N–H and O–H groups in total. The minimum absolute atomic E-state index is 0.0136. The average Bonchev–Trinajstić information content (AvgIpc) is 2.70. The van der Waals surface area contributed by atoms with Gasteiger partial charge >= 0.3 is 0 Å². The zero-order chi connectivity index (χ0) is 23.2. The van der Waals surface area contributed by atoms with Crippen LogP contribution in [0.3, 0.4) is 0 Å². The van der Waals surface area contributed by atoms with Gasteiger partial charge in [-0.3, -0.25) is 9.59 Å². The lowest BCUT2D eigenvalue weighted by Gasteiger charge is -2.14. The monoisotopic (exact) mass is 448 g/mol. The molecule has 0 aliphatic carbocycles. The number of thioether (sulfide) groups is 1. The van der Waals surface area contributed by atoms with Crippen molar-refractivity contribution in [3.63, 3.8) is 0 Å². The van der Waals surface area contributed by atoms with E-state index in [0.717, 1.165) is 32.5 Å². The lowest BCUT2D eigenvalue weighted by atomic mass is 10.1. The highest BCUT2D eigenvalue weighted by atomic mass is 32.2. The number of carbonyl (C=O) groups excluding carboxylic acids is 3. The fraction of sp³-hybridized carbons (Fsp3) is 0.864. The summed E-state index contributed by atoms with van der Waals surface area (Å²) in [5.74, 6) is 1.25. The van der Waals surface area contributed by atoms with Crippen LogP contribution in [0.25, 0.3) is 0 Å². The zero-order valence-corrected chi connectivity index (χ0v) is 20.6. The molecule has 0 saturated heterocycles. The molecule has 0 aromatic rings. The fourth-order valence-electron chi connectivity index (χ4n) is 2.03. The van der Waals surface area contributed by atoms with E-state index in [2.05, 4.69) is 24.5 Å². The first-order valence-corrected chi connectivity index (χ1v) is 12.0. The predicted molar refractivity (Wildman–Crippen MR) is 125 cm³/mol. The van der Waals surface area contributed by atoms with Crippen LogP contribution in [-0.4, -0.2) is 75.5 Å². The van der Waals surface area contributed by atoms with Crippen LogP contribution in [-0.2, 0) is 23.9 Å². The Balaban J connectivity index is 0. The summed E-state index contributed by atoms with van der Waals surface area (Å²) in [4.78, 5) is 34.1. The molecule has 0 heterocycles. The molecular formula is C22H44N2O5S. The summed E-state index contributed by atoms with van der Waals surface area (Å²) in [5, 5.41) is 5.35. The molecular weight excluding hydrogens is 404 g/mol. The Morgan fingerprint density at radius 1 is 1.03 bits per heavy atom. The Labute approximate surface area is 187 Å². The Bertz CT molecular complexity index is 434. The minimum Gasteiger partial charge on any atom is -0.380 e. The van der Waals surface area contributed by atoms with Crippen molar-refractivity contribution in [2.45, 2.75) is 59.1 Å². The number of likely N-dealkylation sites (N-methyl/N-ethyl adjacent to an activating group) is 1. The standard InChI is InChI=1S/C15H27NO4S.C7H17NO/c1-4-9-20-10-7-16-15(19)14(5-8-17)21-11-6-13(18)12(2)3;1-7(2)6-9-5-4-8-3/h8,12,14H,4-7,9-11H2,1-3H3,(H,16,19);7-8H,4-6H2,1-3H3. The molecule has 30 heavy (non-hydrogen) atoms. The molecule has 0 aromatic carbocycles. The summed E-state index contributed by atoms with van der Waals surface area (Å²) in [6.07, 6.45) is 2.29. The number of ether oxygens (including phenoxy) is 2. The van der Waals surface area contributed by atoms with Crippen LogP contribution in [0.4, 0.5) is 0 Å². The van der Waals surface area contributed by atoms with E-state index in [1.807, 2.05) is 27.8 Å². The van der Waals surface area contributed by atoms with E-state index in [1.54, 1.807) is 0 Å². The van der Waals surface area contributed by atoms with Crippen molar-refractivity contribution in [3.8, 4) is 0 Å². The van der Waals surface area contributed by atoms with E-state index in [9.17, 15) is 14.4 Å². The number of hydrogen-bond donors (Lipinski definition) is 2. The number of hydrogen-bond acceptors (Lipinski definition) is 7. The number of ketones is 1. The lowest BCUT2D eigenvalue weighted by molar-refractivity contribution is -0.122. The Kier molecular flexibility index (Phi) is 23.6. The molecule has 0 fully saturated rings. The maximum atomic E-state index is 11.9. The van der Waals surface area contributed by atoms with Gasteiger partial charge in [0.25, 0.3) is 0 Å². The largest absolute Gasteiger partial charge is 0.380 e. The second kappa shape index (κ2) is 22.7. The molecule has 1 unspecified atom stereocenters. The molecule has 0 aliphatic heterocycles. The van der Waals surface area contributed by atoms with E-state index < -0.39 is 5.25 Å². The molecule has 0 radical (unpaired) electrons. The molecule has 0 saturated carbocycles. The number of amides is 1. The van der Waals surface area contributed by atoms with Crippen molar-refractivity contribution >= 4 is 29.7 Å². The van der Waals surface area contributed by atoms with Gasteiger partial charge < -0.3 is 24.9 Å². The van der Waals surface area contributed by atoms with Crippen LogP contribution in [0, 0.1) is 11.8 Å². The third-order valence-electron chi connectivity index (χ3n) is 3.76. The van der Waals surface area contributed by atoms with Crippen LogP contribution in [0.1, 0.15) is 53.9 Å². The molecule has 8 heteroatoms. The summed E-state index contributed by atoms with van der Waals surface area (Å²) in [6.45, 7) is 14.3. The van der Waals surface area contributed by atoms with Crippen molar-refractivity contribution in [2.24, 2.45) is 11.8 Å². The van der Waals surface area contributed by atoms with Gasteiger partial charge in [0.2, 0.25) is 5.91 Å². The van der Waals surface area contributed by atoms with Gasteiger partial charge in [-0.1, -0.05) is 34.6 Å². The fourth-order valence-corrected chi connectivity index (χ4v) is 3.08. The van der Waals surface area contributed by atoms with Crippen LogP contribution >= 0.6 is 11.8 Å². The van der Waals surface area contributed by atoms with E-state index in [-0.39, 0.29) is 24.0 Å². The van der Waals surface area contributed by atoms with Gasteiger partial charge in [-0.25, -0.2) is 0 Å². The first-order valence-electron chi connectivity index (χ1n) is 11.0. The Morgan fingerprint density at radius 2 is 1.70 bits per heavy atom. The summed E-state index contributed by atoms with van der Waals surface area (Å²) in [6, 6.07) is 0. The van der Waals surface area contributed by atoms with Crippen molar-refractivity contribution in [2.75, 3.05) is 52.3 Å². The molecule has 1 atom stereocenters. The predicted octanol–water partition coefficient (Wildman–Crippen LogP) is 2.71. The van der Waals surface area contributed by atoms with Crippen LogP contribution < -0.4 is 10.6 Å². The first-order chi connectivity index (χ1) is 14.3. The van der Waals surface area contributed by atoms with Gasteiger partial charge in [0.1, 0.15) is 12.1 Å². The third-order valence-corrected chi connectivity index (χ3v) is 5.00. The van der Waals surface area contributed by atoms with Gasteiger partial charge in [0, 0.05) is 50.8 Å². The van der Waals surface area contributed by atoms with E-state index in [4.69, 9.17) is 9.47 Å². The highest BCUT2D eigenvalue weighted by molar-refractivity contribution is 8.00. The second-order valence-corrected chi connectivity index (χ2v) is 8.92.